The van der Waals surface area contributed by atoms with Gasteiger partial charge in [-0.2, -0.15) is 0 Å². The number of carbonyl (C=O) groups is 1. The van der Waals surface area contributed by atoms with Crippen molar-refractivity contribution in [2.45, 2.75) is 0 Å². The number of aromatic amines is 1. The molecule has 4 aromatic rings. The summed E-state index contributed by atoms with van der Waals surface area (Å²) in [4.78, 5) is 16.0. The highest BCUT2D eigenvalue weighted by atomic mass is 35.5. The molecule has 0 radical (unpaired) electrons. The molecule has 128 valence electrons. The number of nitrogens with zero attached hydrogens (tertiary/aromatic N) is 1. The Bertz CT molecular complexity index is 1060. The standard InChI is InChI=1S/C21H14Cl2N2O/c22-19-8-5-15(11-20(19)23)17-12-24-13-18(17)21(26)14-3-6-16(7-4-14)25-9-1-2-10-25/h1-13,24H. The van der Waals surface area contributed by atoms with Crippen molar-refractivity contribution in [3.63, 3.8) is 0 Å². The normalized spacial score (nSPS) is 10.8. The quantitative estimate of drug-likeness (QED) is 0.432. The van der Waals surface area contributed by atoms with Crippen LogP contribution in [0.3, 0.4) is 0 Å². The van der Waals surface area contributed by atoms with Gasteiger partial charge in [-0.1, -0.05) is 29.3 Å². The number of aromatic nitrogens is 2. The molecule has 0 bridgehead atoms. The minimum atomic E-state index is -0.0496. The number of hydrogen-bond donors (Lipinski definition) is 1. The van der Waals surface area contributed by atoms with E-state index in [1.165, 1.54) is 0 Å². The Hall–Kier alpha value is -2.75. The van der Waals surface area contributed by atoms with Crippen LogP contribution < -0.4 is 0 Å². The minimum Gasteiger partial charge on any atom is -0.366 e. The number of nitrogens with one attached hydrogen (secondary N) is 1. The van der Waals surface area contributed by atoms with E-state index in [9.17, 15) is 4.79 Å². The molecule has 0 aliphatic rings. The second kappa shape index (κ2) is 6.87. The maximum atomic E-state index is 13.0. The van der Waals surface area contributed by atoms with Crippen LogP contribution in [-0.2, 0) is 0 Å². The first-order chi connectivity index (χ1) is 12.6. The predicted octanol–water partition coefficient (Wildman–Crippen LogP) is 6.01. The van der Waals surface area contributed by atoms with Crippen LogP contribution in [0, 0.1) is 0 Å². The van der Waals surface area contributed by atoms with Crippen molar-refractivity contribution in [2.75, 3.05) is 0 Å². The van der Waals surface area contributed by atoms with Crippen LogP contribution in [-0.4, -0.2) is 15.3 Å². The number of H-pyrrole nitrogens is 1. The maximum Gasteiger partial charge on any atom is 0.195 e. The van der Waals surface area contributed by atoms with E-state index in [4.69, 9.17) is 23.2 Å². The van der Waals surface area contributed by atoms with Gasteiger partial charge in [0.25, 0.3) is 0 Å². The highest BCUT2D eigenvalue weighted by molar-refractivity contribution is 6.42. The number of benzene rings is 2. The molecule has 0 saturated carbocycles. The van der Waals surface area contributed by atoms with E-state index in [2.05, 4.69) is 4.98 Å². The fraction of sp³-hybridized carbons (Fsp3) is 0. The summed E-state index contributed by atoms with van der Waals surface area (Å²) < 4.78 is 1.99. The second-order valence-electron chi connectivity index (χ2n) is 5.88. The molecule has 4 rings (SSSR count). The first-order valence-corrected chi connectivity index (χ1v) is 8.79. The third-order valence-corrected chi connectivity index (χ3v) is 4.99. The average molecular weight is 381 g/mol. The van der Waals surface area contributed by atoms with Crippen LogP contribution in [0.15, 0.2) is 79.4 Å². The van der Waals surface area contributed by atoms with Crippen LogP contribution in [0.1, 0.15) is 15.9 Å². The van der Waals surface area contributed by atoms with Crippen molar-refractivity contribution in [1.82, 2.24) is 9.55 Å². The molecule has 0 amide bonds. The molecule has 0 saturated heterocycles. The molecule has 2 heterocycles. The third kappa shape index (κ3) is 3.07. The van der Waals surface area contributed by atoms with Gasteiger partial charge < -0.3 is 9.55 Å². The second-order valence-corrected chi connectivity index (χ2v) is 6.69. The van der Waals surface area contributed by atoms with Gasteiger partial charge in [0.2, 0.25) is 0 Å². The van der Waals surface area contributed by atoms with E-state index in [1.54, 1.807) is 24.5 Å². The first-order valence-electron chi connectivity index (χ1n) is 8.04. The monoisotopic (exact) mass is 380 g/mol. The molecule has 0 aliphatic carbocycles. The zero-order valence-corrected chi connectivity index (χ0v) is 15.1. The average Bonchev–Trinajstić information content (AvgIpc) is 3.35. The number of rotatable bonds is 4. The van der Waals surface area contributed by atoms with Gasteiger partial charge in [0.1, 0.15) is 0 Å². The van der Waals surface area contributed by atoms with Crippen molar-refractivity contribution < 1.29 is 4.79 Å². The van der Waals surface area contributed by atoms with E-state index in [1.807, 2.05) is 59.4 Å². The van der Waals surface area contributed by atoms with Gasteiger partial charge >= 0.3 is 0 Å². The van der Waals surface area contributed by atoms with Crippen LogP contribution in [0.25, 0.3) is 16.8 Å². The molecule has 0 fully saturated rings. The predicted molar refractivity (Wildman–Crippen MR) is 105 cm³/mol. The largest absolute Gasteiger partial charge is 0.366 e. The SMILES string of the molecule is O=C(c1ccc(-n2cccc2)cc1)c1c[nH]cc1-c1ccc(Cl)c(Cl)c1. The lowest BCUT2D eigenvalue weighted by Crippen LogP contribution is -2.02. The van der Waals surface area contributed by atoms with Crippen LogP contribution in [0.4, 0.5) is 0 Å². The minimum absolute atomic E-state index is 0.0496. The zero-order valence-electron chi connectivity index (χ0n) is 13.6. The van der Waals surface area contributed by atoms with Crippen LogP contribution in [0.5, 0.6) is 0 Å². The Kier molecular flexibility index (Phi) is 4.41. The Morgan fingerprint density at radius 3 is 2.31 bits per heavy atom. The number of carbonyl (C=O) groups excluding carboxylic acids is 1. The van der Waals surface area contributed by atoms with Crippen molar-refractivity contribution in [1.29, 1.82) is 0 Å². The van der Waals surface area contributed by atoms with Crippen molar-refractivity contribution in [3.05, 3.63) is 101 Å². The van der Waals surface area contributed by atoms with Gasteiger partial charge in [-0.25, -0.2) is 0 Å². The number of ketones is 1. The van der Waals surface area contributed by atoms with E-state index in [0.717, 1.165) is 16.8 Å². The number of halogens is 2. The molecule has 0 spiro atoms. The van der Waals surface area contributed by atoms with Crippen molar-refractivity contribution in [3.8, 4) is 16.8 Å². The van der Waals surface area contributed by atoms with Gasteiger partial charge in [0.05, 0.1) is 10.0 Å². The van der Waals surface area contributed by atoms with Gasteiger partial charge in [-0.3, -0.25) is 4.79 Å². The summed E-state index contributed by atoms with van der Waals surface area (Å²) in [7, 11) is 0. The molecule has 5 heteroatoms. The summed E-state index contributed by atoms with van der Waals surface area (Å²) in [6, 6.07) is 16.8. The van der Waals surface area contributed by atoms with E-state index >= 15 is 0 Å². The third-order valence-electron chi connectivity index (χ3n) is 4.25. The summed E-state index contributed by atoms with van der Waals surface area (Å²) >= 11 is 12.1. The van der Waals surface area contributed by atoms with Crippen molar-refractivity contribution in [2.24, 2.45) is 0 Å². The smallest absolute Gasteiger partial charge is 0.195 e. The summed E-state index contributed by atoms with van der Waals surface area (Å²) in [6.45, 7) is 0. The van der Waals surface area contributed by atoms with Crippen LogP contribution >= 0.6 is 23.2 Å². The summed E-state index contributed by atoms with van der Waals surface area (Å²) in [5.41, 5.74) is 3.86. The zero-order chi connectivity index (χ0) is 18.1. The molecule has 0 unspecified atom stereocenters. The Labute approximate surface area is 160 Å². The topological polar surface area (TPSA) is 37.8 Å². The molecule has 3 nitrogen and oxygen atoms in total. The maximum absolute atomic E-state index is 13.0. The molecule has 26 heavy (non-hydrogen) atoms. The lowest BCUT2D eigenvalue weighted by molar-refractivity contribution is 0.103. The van der Waals surface area contributed by atoms with E-state index in [0.29, 0.717) is 21.2 Å². The lowest BCUT2D eigenvalue weighted by atomic mass is 9.98. The van der Waals surface area contributed by atoms with Gasteiger partial charge in [-0.05, 0) is 54.1 Å². The lowest BCUT2D eigenvalue weighted by Gasteiger charge is -2.07. The molecule has 2 aromatic heterocycles. The Morgan fingerprint density at radius 2 is 1.62 bits per heavy atom. The molecular weight excluding hydrogens is 367 g/mol. The summed E-state index contributed by atoms with van der Waals surface area (Å²) in [6.07, 6.45) is 7.43. The number of hydrogen-bond acceptors (Lipinski definition) is 1. The van der Waals surface area contributed by atoms with Crippen molar-refractivity contribution >= 4 is 29.0 Å². The van der Waals surface area contributed by atoms with Crippen LogP contribution in [0.2, 0.25) is 10.0 Å². The van der Waals surface area contributed by atoms with Gasteiger partial charge in [-0.15, -0.1) is 0 Å². The highest BCUT2D eigenvalue weighted by Gasteiger charge is 2.16. The van der Waals surface area contributed by atoms with Gasteiger partial charge in [0.15, 0.2) is 5.78 Å². The highest BCUT2D eigenvalue weighted by Crippen LogP contribution is 2.31. The molecule has 0 atom stereocenters. The molecule has 1 N–H and O–H groups in total. The Morgan fingerprint density at radius 1 is 0.885 bits per heavy atom. The summed E-state index contributed by atoms with van der Waals surface area (Å²) in [5.74, 6) is -0.0496. The summed E-state index contributed by atoms with van der Waals surface area (Å²) in [5, 5.41) is 0.944. The molecule has 2 aromatic carbocycles. The Balaban J connectivity index is 1.67. The fourth-order valence-electron chi connectivity index (χ4n) is 2.90. The fourth-order valence-corrected chi connectivity index (χ4v) is 3.20. The molecule has 0 aliphatic heterocycles. The molecular formula is C21H14Cl2N2O. The van der Waals surface area contributed by atoms with Gasteiger partial charge in [0, 0.05) is 47.2 Å². The van der Waals surface area contributed by atoms with E-state index < -0.39 is 0 Å². The first kappa shape index (κ1) is 16.7. The van der Waals surface area contributed by atoms with E-state index in [-0.39, 0.29) is 5.78 Å².